The summed E-state index contributed by atoms with van der Waals surface area (Å²) in [5.41, 5.74) is 7.24. The lowest BCUT2D eigenvalue weighted by Gasteiger charge is -2.11. The first-order valence-electron chi connectivity index (χ1n) is 5.74. The third kappa shape index (κ3) is 3.57. The van der Waals surface area contributed by atoms with Crippen molar-refractivity contribution in [3.63, 3.8) is 0 Å². The van der Waals surface area contributed by atoms with Crippen molar-refractivity contribution in [2.24, 2.45) is 5.73 Å². The summed E-state index contributed by atoms with van der Waals surface area (Å²) >= 11 is 18.0. The van der Waals surface area contributed by atoms with E-state index < -0.39 is 5.91 Å². The number of hydrogen-bond acceptors (Lipinski definition) is 2. The zero-order valence-corrected chi connectivity index (χ0v) is 12.6. The molecule has 0 bridgehead atoms. The molecule has 0 atom stereocenters. The van der Waals surface area contributed by atoms with Gasteiger partial charge in [0, 0.05) is 17.1 Å². The van der Waals surface area contributed by atoms with Crippen LogP contribution in [0.3, 0.4) is 0 Å². The van der Waals surface area contributed by atoms with Crippen molar-refractivity contribution in [3.05, 3.63) is 62.6 Å². The minimum Gasteiger partial charge on any atom is -0.379 e. The van der Waals surface area contributed by atoms with Crippen molar-refractivity contribution in [2.45, 2.75) is 6.54 Å². The molecule has 0 aromatic heterocycles. The number of carbonyl (C=O) groups excluding carboxylic acids is 1. The van der Waals surface area contributed by atoms with E-state index in [0.717, 1.165) is 5.56 Å². The number of nitrogens with one attached hydrogen (secondary N) is 1. The molecular formula is C14H11Cl3N2O. The van der Waals surface area contributed by atoms with Gasteiger partial charge >= 0.3 is 0 Å². The molecule has 104 valence electrons. The average molecular weight is 330 g/mol. The van der Waals surface area contributed by atoms with Crippen LogP contribution in [0, 0.1) is 0 Å². The highest BCUT2D eigenvalue weighted by Gasteiger charge is 2.07. The molecule has 0 aliphatic rings. The summed E-state index contributed by atoms with van der Waals surface area (Å²) in [6, 6.07) is 10.2. The van der Waals surface area contributed by atoms with Crippen LogP contribution in [-0.4, -0.2) is 5.91 Å². The molecule has 0 unspecified atom stereocenters. The zero-order valence-electron chi connectivity index (χ0n) is 10.3. The minimum absolute atomic E-state index is 0.451. The standard InChI is InChI=1S/C14H11Cl3N2O/c15-10-5-11(16)13(12(17)6-10)19-7-8-1-3-9(4-2-8)14(18)20/h1-6,19H,7H2,(H2,18,20). The maximum absolute atomic E-state index is 11.0. The molecule has 0 saturated heterocycles. The van der Waals surface area contributed by atoms with Gasteiger partial charge in [-0.3, -0.25) is 4.79 Å². The number of amides is 1. The van der Waals surface area contributed by atoms with Crippen LogP contribution in [0.1, 0.15) is 15.9 Å². The Morgan fingerprint density at radius 3 is 2.10 bits per heavy atom. The van der Waals surface area contributed by atoms with Crippen molar-refractivity contribution in [1.82, 2.24) is 0 Å². The monoisotopic (exact) mass is 328 g/mol. The summed E-state index contributed by atoms with van der Waals surface area (Å²) in [6.07, 6.45) is 0. The Hall–Kier alpha value is -1.42. The third-order valence-corrected chi connectivity index (χ3v) is 3.53. The van der Waals surface area contributed by atoms with E-state index in [1.165, 1.54) is 0 Å². The van der Waals surface area contributed by atoms with Crippen LogP contribution in [0.2, 0.25) is 15.1 Å². The van der Waals surface area contributed by atoms with Crippen molar-refractivity contribution in [2.75, 3.05) is 5.32 Å². The number of nitrogens with two attached hydrogens (primary N) is 1. The van der Waals surface area contributed by atoms with Gasteiger partial charge in [0.15, 0.2) is 0 Å². The second kappa shape index (κ2) is 6.35. The number of benzene rings is 2. The Kier molecular flexibility index (Phi) is 4.76. The first-order valence-corrected chi connectivity index (χ1v) is 6.88. The third-order valence-electron chi connectivity index (χ3n) is 2.71. The molecule has 0 fully saturated rings. The molecule has 3 nitrogen and oxygen atoms in total. The van der Waals surface area contributed by atoms with E-state index in [9.17, 15) is 4.79 Å². The highest BCUT2D eigenvalue weighted by atomic mass is 35.5. The lowest BCUT2D eigenvalue weighted by Crippen LogP contribution is -2.10. The Labute approximate surface area is 131 Å². The van der Waals surface area contributed by atoms with E-state index in [1.807, 2.05) is 12.1 Å². The number of halogens is 3. The predicted octanol–water partition coefficient (Wildman–Crippen LogP) is 4.36. The first-order chi connectivity index (χ1) is 9.47. The smallest absolute Gasteiger partial charge is 0.248 e. The predicted molar refractivity (Wildman–Crippen MR) is 83.8 cm³/mol. The fraction of sp³-hybridized carbons (Fsp3) is 0.0714. The van der Waals surface area contributed by atoms with Crippen LogP contribution in [0.5, 0.6) is 0 Å². The van der Waals surface area contributed by atoms with Crippen molar-refractivity contribution >= 4 is 46.4 Å². The minimum atomic E-state index is -0.451. The van der Waals surface area contributed by atoms with E-state index in [-0.39, 0.29) is 0 Å². The fourth-order valence-electron chi connectivity index (χ4n) is 1.69. The van der Waals surface area contributed by atoms with Gasteiger partial charge in [0.05, 0.1) is 15.7 Å². The molecule has 0 spiro atoms. The summed E-state index contributed by atoms with van der Waals surface area (Å²) in [5.74, 6) is -0.451. The van der Waals surface area contributed by atoms with E-state index in [2.05, 4.69) is 5.32 Å². The number of rotatable bonds is 4. The van der Waals surface area contributed by atoms with E-state index >= 15 is 0 Å². The number of anilines is 1. The van der Waals surface area contributed by atoms with Crippen molar-refractivity contribution < 1.29 is 4.79 Å². The van der Waals surface area contributed by atoms with Crippen molar-refractivity contribution in [1.29, 1.82) is 0 Å². The maximum atomic E-state index is 11.0. The molecule has 1 amide bonds. The molecule has 2 aromatic carbocycles. The lowest BCUT2D eigenvalue weighted by molar-refractivity contribution is 0.100. The maximum Gasteiger partial charge on any atom is 0.248 e. The Balaban J connectivity index is 2.11. The van der Waals surface area contributed by atoms with Gasteiger partial charge in [0.2, 0.25) is 5.91 Å². The van der Waals surface area contributed by atoms with Crippen molar-refractivity contribution in [3.8, 4) is 0 Å². The topological polar surface area (TPSA) is 55.1 Å². The van der Waals surface area contributed by atoms with Gasteiger partial charge in [0.1, 0.15) is 0 Å². The van der Waals surface area contributed by atoms with Gasteiger partial charge in [-0.25, -0.2) is 0 Å². The van der Waals surface area contributed by atoms with Crippen LogP contribution >= 0.6 is 34.8 Å². The SMILES string of the molecule is NC(=O)c1ccc(CNc2c(Cl)cc(Cl)cc2Cl)cc1. The number of hydrogen-bond donors (Lipinski definition) is 2. The van der Waals surface area contributed by atoms with Crippen LogP contribution in [0.4, 0.5) is 5.69 Å². The number of carbonyl (C=O) groups is 1. The van der Waals surface area contributed by atoms with Gasteiger partial charge in [-0.15, -0.1) is 0 Å². The summed E-state index contributed by atoms with van der Waals surface area (Å²) in [7, 11) is 0. The summed E-state index contributed by atoms with van der Waals surface area (Å²) in [6.45, 7) is 0.514. The van der Waals surface area contributed by atoms with Gasteiger partial charge in [-0.1, -0.05) is 46.9 Å². The van der Waals surface area contributed by atoms with Crippen LogP contribution in [0.25, 0.3) is 0 Å². The van der Waals surface area contributed by atoms with Crippen LogP contribution in [-0.2, 0) is 6.54 Å². The van der Waals surface area contributed by atoms with E-state index in [0.29, 0.717) is 32.9 Å². The molecule has 6 heteroatoms. The Morgan fingerprint density at radius 2 is 1.60 bits per heavy atom. The van der Waals surface area contributed by atoms with Crippen LogP contribution in [0.15, 0.2) is 36.4 Å². The molecule has 2 aromatic rings. The average Bonchev–Trinajstić information content (AvgIpc) is 2.38. The van der Waals surface area contributed by atoms with Crippen LogP contribution < -0.4 is 11.1 Å². The van der Waals surface area contributed by atoms with E-state index in [1.54, 1.807) is 24.3 Å². The second-order valence-electron chi connectivity index (χ2n) is 4.16. The Morgan fingerprint density at radius 1 is 1.05 bits per heavy atom. The van der Waals surface area contributed by atoms with Gasteiger partial charge < -0.3 is 11.1 Å². The molecule has 0 saturated carbocycles. The summed E-state index contributed by atoms with van der Waals surface area (Å²) < 4.78 is 0. The summed E-state index contributed by atoms with van der Waals surface area (Å²) in [4.78, 5) is 11.0. The van der Waals surface area contributed by atoms with Gasteiger partial charge in [-0.05, 0) is 29.8 Å². The molecule has 0 heterocycles. The highest BCUT2D eigenvalue weighted by molar-refractivity contribution is 6.41. The molecule has 2 rings (SSSR count). The zero-order chi connectivity index (χ0) is 14.7. The normalized spacial score (nSPS) is 10.3. The van der Waals surface area contributed by atoms with E-state index in [4.69, 9.17) is 40.5 Å². The summed E-state index contributed by atoms with van der Waals surface area (Å²) in [5, 5.41) is 4.53. The quantitative estimate of drug-likeness (QED) is 0.875. The molecule has 3 N–H and O–H groups in total. The number of primary amides is 1. The lowest BCUT2D eigenvalue weighted by atomic mass is 10.1. The Bertz CT molecular complexity index is 618. The fourth-order valence-corrected chi connectivity index (χ4v) is 2.64. The first kappa shape index (κ1) is 15.0. The molecular weight excluding hydrogens is 319 g/mol. The largest absolute Gasteiger partial charge is 0.379 e. The highest BCUT2D eigenvalue weighted by Crippen LogP contribution is 2.33. The molecule has 0 radical (unpaired) electrons. The molecule has 0 aliphatic carbocycles. The van der Waals surface area contributed by atoms with Gasteiger partial charge in [-0.2, -0.15) is 0 Å². The molecule has 20 heavy (non-hydrogen) atoms. The second-order valence-corrected chi connectivity index (χ2v) is 5.41. The molecule has 0 aliphatic heterocycles. The van der Waals surface area contributed by atoms with Gasteiger partial charge in [0.25, 0.3) is 0 Å².